The first kappa shape index (κ1) is 23.0. The largest absolute Gasteiger partial charge is 0.383 e. The Morgan fingerprint density at radius 3 is 2.92 bits per heavy atom. The monoisotopic (exact) mass is 505 g/mol. The van der Waals surface area contributed by atoms with Crippen molar-refractivity contribution in [2.75, 3.05) is 42.4 Å². The molecule has 0 radical (unpaired) electrons. The van der Waals surface area contributed by atoms with Crippen LogP contribution in [-0.4, -0.2) is 63.2 Å². The number of likely N-dealkylation sites (tertiary alicyclic amines) is 1. The van der Waals surface area contributed by atoms with Crippen LogP contribution in [0.2, 0.25) is 0 Å². The van der Waals surface area contributed by atoms with Crippen LogP contribution in [0, 0.1) is 18.3 Å². The lowest BCUT2D eigenvalue weighted by molar-refractivity contribution is 0.0324. The number of morpholine rings is 1. The SMILES string of the molecule is Cc1c[nH]c(=O)c2cccc(S(=O)(=O)N3CCc4c(NCCN5C[C@@H]6C[C@H]5CO6)cc(C#N)cc43)c12. The van der Waals surface area contributed by atoms with Gasteiger partial charge < -0.3 is 15.0 Å². The van der Waals surface area contributed by atoms with Gasteiger partial charge in [0.1, 0.15) is 0 Å². The van der Waals surface area contributed by atoms with Crippen LogP contribution in [0.4, 0.5) is 11.4 Å². The lowest BCUT2D eigenvalue weighted by atomic mass is 10.1. The Bertz CT molecular complexity index is 1580. The van der Waals surface area contributed by atoms with E-state index in [1.165, 1.54) is 10.5 Å². The highest BCUT2D eigenvalue weighted by Crippen LogP contribution is 2.39. The number of nitrogens with one attached hydrogen (secondary N) is 2. The summed E-state index contributed by atoms with van der Waals surface area (Å²) in [6.45, 7) is 5.35. The number of nitrogens with zero attached hydrogens (tertiary/aromatic N) is 3. The second-order valence-corrected chi connectivity index (χ2v) is 11.5. The van der Waals surface area contributed by atoms with Crippen molar-refractivity contribution in [3.63, 3.8) is 0 Å². The molecule has 0 saturated carbocycles. The first-order valence-electron chi connectivity index (χ1n) is 12.2. The van der Waals surface area contributed by atoms with Gasteiger partial charge in [0.2, 0.25) is 0 Å². The number of rotatable bonds is 6. The van der Waals surface area contributed by atoms with E-state index in [1.54, 1.807) is 37.3 Å². The lowest BCUT2D eigenvalue weighted by Crippen LogP contribution is -2.39. The van der Waals surface area contributed by atoms with Gasteiger partial charge in [0.05, 0.1) is 34.9 Å². The molecule has 2 N–H and O–H groups in total. The number of ether oxygens (including phenoxy) is 1. The normalized spacial score (nSPS) is 21.2. The first-order chi connectivity index (χ1) is 17.4. The maximum absolute atomic E-state index is 13.9. The van der Waals surface area contributed by atoms with Crippen LogP contribution in [0.3, 0.4) is 0 Å². The highest BCUT2D eigenvalue weighted by molar-refractivity contribution is 7.93. The van der Waals surface area contributed by atoms with E-state index < -0.39 is 10.0 Å². The topological polar surface area (TPSA) is 119 Å². The first-order valence-corrected chi connectivity index (χ1v) is 13.6. The van der Waals surface area contributed by atoms with Gasteiger partial charge in [0.25, 0.3) is 15.6 Å². The van der Waals surface area contributed by atoms with Gasteiger partial charge in [-0.1, -0.05) is 6.07 Å². The molecule has 0 unspecified atom stereocenters. The van der Waals surface area contributed by atoms with E-state index in [1.807, 2.05) is 0 Å². The molecule has 3 aromatic rings. The third-order valence-electron chi connectivity index (χ3n) is 7.57. The van der Waals surface area contributed by atoms with Crippen LogP contribution in [0.1, 0.15) is 23.1 Å². The number of aromatic amines is 1. The van der Waals surface area contributed by atoms with Crippen LogP contribution in [0.25, 0.3) is 10.8 Å². The summed E-state index contributed by atoms with van der Waals surface area (Å²) in [5.41, 5.74) is 2.96. The summed E-state index contributed by atoms with van der Waals surface area (Å²) < 4.78 is 34.9. The Morgan fingerprint density at radius 1 is 1.31 bits per heavy atom. The minimum absolute atomic E-state index is 0.0969. The third kappa shape index (κ3) is 3.66. The predicted octanol–water partition coefficient (Wildman–Crippen LogP) is 2.34. The van der Waals surface area contributed by atoms with Crippen LogP contribution < -0.4 is 15.2 Å². The molecule has 6 rings (SSSR count). The maximum atomic E-state index is 13.9. The molecule has 1 aromatic heterocycles. The maximum Gasteiger partial charge on any atom is 0.264 e. The molecule has 0 spiro atoms. The van der Waals surface area contributed by atoms with Crippen molar-refractivity contribution in [3.05, 3.63) is 63.6 Å². The van der Waals surface area contributed by atoms with E-state index >= 15 is 0 Å². The number of aromatic nitrogens is 1. The molecule has 0 amide bonds. The molecule has 2 aromatic carbocycles. The molecule has 2 bridgehead atoms. The molecular weight excluding hydrogens is 478 g/mol. The van der Waals surface area contributed by atoms with Crippen molar-refractivity contribution >= 4 is 32.2 Å². The van der Waals surface area contributed by atoms with E-state index in [2.05, 4.69) is 21.3 Å². The minimum atomic E-state index is -3.98. The minimum Gasteiger partial charge on any atom is -0.383 e. The van der Waals surface area contributed by atoms with Crippen molar-refractivity contribution in [2.45, 2.75) is 36.8 Å². The highest BCUT2D eigenvalue weighted by Gasteiger charge is 2.38. The molecule has 10 heteroatoms. The average Bonchev–Trinajstić information content (AvgIpc) is 3.62. The molecule has 3 aliphatic heterocycles. The fourth-order valence-corrected chi connectivity index (χ4v) is 7.59. The van der Waals surface area contributed by atoms with Gasteiger partial charge in [-0.3, -0.25) is 14.0 Å². The molecule has 2 atom stereocenters. The summed E-state index contributed by atoms with van der Waals surface area (Å²) in [5.74, 6) is 0. The molecule has 2 fully saturated rings. The van der Waals surface area contributed by atoms with Crippen LogP contribution in [0.5, 0.6) is 0 Å². The summed E-state index contributed by atoms with van der Waals surface area (Å²) in [7, 11) is -3.98. The van der Waals surface area contributed by atoms with E-state index in [0.29, 0.717) is 52.7 Å². The number of H-pyrrole nitrogens is 1. The zero-order valence-electron chi connectivity index (χ0n) is 20.0. The van der Waals surface area contributed by atoms with Gasteiger partial charge in [-0.15, -0.1) is 0 Å². The van der Waals surface area contributed by atoms with Gasteiger partial charge >= 0.3 is 0 Å². The average molecular weight is 506 g/mol. The van der Waals surface area contributed by atoms with E-state index in [4.69, 9.17) is 4.74 Å². The van der Waals surface area contributed by atoms with Crippen molar-refractivity contribution in [3.8, 4) is 6.07 Å². The zero-order chi connectivity index (χ0) is 25.0. The van der Waals surface area contributed by atoms with Crippen molar-refractivity contribution in [1.29, 1.82) is 5.26 Å². The number of benzene rings is 2. The summed E-state index contributed by atoms with van der Waals surface area (Å²) in [6.07, 6.45) is 3.50. The van der Waals surface area contributed by atoms with Gasteiger partial charge in [-0.05, 0) is 49.6 Å². The fourth-order valence-electron chi connectivity index (χ4n) is 5.82. The lowest BCUT2D eigenvalue weighted by Gasteiger charge is -2.27. The molecule has 186 valence electrons. The van der Waals surface area contributed by atoms with E-state index in [9.17, 15) is 18.5 Å². The Labute approximate surface area is 209 Å². The smallest absolute Gasteiger partial charge is 0.264 e. The number of anilines is 2. The molecule has 0 aliphatic carbocycles. The predicted molar refractivity (Wildman–Crippen MR) is 137 cm³/mol. The quantitative estimate of drug-likeness (QED) is 0.528. The zero-order valence-corrected chi connectivity index (χ0v) is 20.8. The van der Waals surface area contributed by atoms with Gasteiger partial charge in [-0.25, -0.2) is 8.42 Å². The Balaban J connectivity index is 1.33. The number of hydrogen-bond donors (Lipinski definition) is 2. The summed E-state index contributed by atoms with van der Waals surface area (Å²) in [6, 6.07) is 10.9. The third-order valence-corrected chi connectivity index (χ3v) is 9.43. The summed E-state index contributed by atoms with van der Waals surface area (Å²) in [4.78, 5) is 17.6. The van der Waals surface area contributed by atoms with Gasteiger partial charge in [-0.2, -0.15) is 5.26 Å². The molecule has 4 heterocycles. The van der Waals surface area contributed by atoms with E-state index in [-0.39, 0.29) is 17.0 Å². The standard InChI is InChI=1S/C26H27N5O4S/c1-16-13-29-26(32)21-3-2-4-24(25(16)21)36(33,34)31-7-5-20-22(9-17(12-27)10-23(20)31)28-6-8-30-14-19-11-18(30)15-35-19/h2-4,9-10,13,18-19,28H,5-8,11,14-15H2,1H3,(H,29,32)/t18-,19-/m0/s1. The molecule has 2 saturated heterocycles. The number of aryl methyl sites for hydroxylation is 1. The van der Waals surface area contributed by atoms with Crippen molar-refractivity contribution < 1.29 is 13.2 Å². The Hall–Kier alpha value is -3.39. The second kappa shape index (κ2) is 8.62. The fraction of sp³-hybridized carbons (Fsp3) is 0.385. The molecular formula is C26H27N5O4S. The van der Waals surface area contributed by atoms with Crippen molar-refractivity contribution in [1.82, 2.24) is 9.88 Å². The van der Waals surface area contributed by atoms with Crippen LogP contribution in [0.15, 0.2) is 46.2 Å². The number of fused-ring (bicyclic) bond motifs is 4. The van der Waals surface area contributed by atoms with Crippen LogP contribution >= 0.6 is 0 Å². The summed E-state index contributed by atoms with van der Waals surface area (Å²) in [5, 5.41) is 13.9. The van der Waals surface area contributed by atoms with Crippen LogP contribution in [-0.2, 0) is 21.2 Å². The second-order valence-electron chi connectivity index (χ2n) is 9.71. The number of pyridine rings is 1. The molecule has 36 heavy (non-hydrogen) atoms. The summed E-state index contributed by atoms with van der Waals surface area (Å²) >= 11 is 0. The Morgan fingerprint density at radius 2 is 2.17 bits per heavy atom. The van der Waals surface area contributed by atoms with Gasteiger partial charge in [0.15, 0.2) is 0 Å². The number of nitriles is 1. The number of hydrogen-bond acceptors (Lipinski definition) is 7. The molecule has 3 aliphatic rings. The number of sulfonamides is 1. The highest BCUT2D eigenvalue weighted by atomic mass is 32.2. The Kier molecular flexibility index (Phi) is 5.52. The molecule has 9 nitrogen and oxygen atoms in total. The van der Waals surface area contributed by atoms with Gasteiger partial charge in [0, 0.05) is 60.4 Å². The van der Waals surface area contributed by atoms with E-state index in [0.717, 1.165) is 37.4 Å². The van der Waals surface area contributed by atoms with Crippen molar-refractivity contribution in [2.24, 2.45) is 0 Å².